The number of rotatable bonds is 8. The van der Waals surface area contributed by atoms with Crippen LogP contribution in [0.2, 0.25) is 5.02 Å². The number of anilines is 2. The van der Waals surface area contributed by atoms with Crippen LogP contribution < -0.4 is 14.5 Å². The third kappa shape index (κ3) is 5.48. The summed E-state index contributed by atoms with van der Waals surface area (Å²) in [7, 11) is 4.12. The van der Waals surface area contributed by atoms with Crippen molar-refractivity contribution < 1.29 is 13.9 Å². The third-order valence-electron chi connectivity index (χ3n) is 9.09. The van der Waals surface area contributed by atoms with E-state index < -0.39 is 5.82 Å². The van der Waals surface area contributed by atoms with Crippen LogP contribution in [0.4, 0.5) is 15.9 Å². The maximum Gasteiger partial charge on any atom is 0.318 e. The van der Waals surface area contributed by atoms with E-state index in [9.17, 15) is 14.4 Å². The first-order valence-corrected chi connectivity index (χ1v) is 15.0. The number of halogens is 2. The second-order valence-electron chi connectivity index (χ2n) is 11.8. The molecule has 0 bridgehead atoms. The maximum atomic E-state index is 14.5. The topological polar surface area (TPSA) is 88.8 Å². The monoisotopic (exact) mass is 603 g/mol. The third-order valence-corrected chi connectivity index (χ3v) is 9.46. The van der Waals surface area contributed by atoms with Crippen molar-refractivity contribution in [2.45, 2.75) is 43.8 Å². The normalized spacial score (nSPS) is 19.3. The average molecular weight is 604 g/mol. The van der Waals surface area contributed by atoms with Gasteiger partial charge in [0.1, 0.15) is 18.2 Å². The molecule has 2 aromatic carbocycles. The van der Waals surface area contributed by atoms with E-state index in [0.29, 0.717) is 57.1 Å². The fraction of sp³-hybridized carbons (Fsp3) is 0.438. The van der Waals surface area contributed by atoms with Gasteiger partial charge in [-0.2, -0.15) is 15.2 Å². The molecule has 1 amide bonds. The van der Waals surface area contributed by atoms with Crippen LogP contribution in [-0.2, 0) is 17.8 Å². The smallest absolute Gasteiger partial charge is 0.318 e. The second-order valence-corrected chi connectivity index (χ2v) is 12.1. The van der Waals surface area contributed by atoms with Gasteiger partial charge in [0.05, 0.1) is 41.3 Å². The number of amides is 1. The highest BCUT2D eigenvalue weighted by molar-refractivity contribution is 6.36. The van der Waals surface area contributed by atoms with Gasteiger partial charge in [-0.3, -0.25) is 4.79 Å². The zero-order valence-electron chi connectivity index (χ0n) is 24.5. The number of carbonyl (C=O) groups is 1. The molecule has 1 aromatic heterocycles. The Bertz CT molecular complexity index is 1620. The Balaban J connectivity index is 1.36. The van der Waals surface area contributed by atoms with Crippen molar-refractivity contribution in [2.24, 2.45) is 0 Å². The molecular formula is C32H35ClFN7O2. The highest BCUT2D eigenvalue weighted by Gasteiger charge is 2.46. The summed E-state index contributed by atoms with van der Waals surface area (Å²) in [5.41, 5.74) is 2.70. The number of nitriles is 1. The van der Waals surface area contributed by atoms with Crippen LogP contribution in [0.3, 0.4) is 0 Å². The number of hydrogen-bond donors (Lipinski definition) is 0. The number of aromatic nitrogens is 2. The number of likely N-dealkylation sites (N-methyl/N-ethyl adjacent to an activating group) is 1. The minimum atomic E-state index is -0.449. The van der Waals surface area contributed by atoms with E-state index in [1.807, 2.05) is 18.2 Å². The Hall–Kier alpha value is -3.94. The number of nitrogens with zero attached hydrogens (tertiary/aromatic N) is 7. The van der Waals surface area contributed by atoms with E-state index in [-0.39, 0.29) is 28.9 Å². The first-order valence-electron chi connectivity index (χ1n) is 14.6. The number of benzene rings is 2. The Labute approximate surface area is 256 Å². The number of fused-ring (bicyclic) bond motifs is 2. The fourth-order valence-corrected chi connectivity index (χ4v) is 6.54. The summed E-state index contributed by atoms with van der Waals surface area (Å²) < 4.78 is 20.8. The minimum Gasteiger partial charge on any atom is -0.461 e. The minimum absolute atomic E-state index is 0.0101. The number of piperazine rings is 1. The van der Waals surface area contributed by atoms with Crippen LogP contribution in [0.25, 0.3) is 10.8 Å². The zero-order valence-corrected chi connectivity index (χ0v) is 25.3. The zero-order chi connectivity index (χ0) is 30.3. The van der Waals surface area contributed by atoms with Crippen molar-refractivity contribution in [3.8, 4) is 12.1 Å². The molecule has 3 aliphatic rings. The quantitative estimate of drug-likeness (QED) is 0.346. The predicted molar refractivity (Wildman–Crippen MR) is 165 cm³/mol. The molecule has 11 heteroatoms. The summed E-state index contributed by atoms with van der Waals surface area (Å²) in [6.07, 6.45) is 4.28. The van der Waals surface area contributed by atoms with Crippen LogP contribution in [0, 0.1) is 17.1 Å². The van der Waals surface area contributed by atoms with Gasteiger partial charge in [-0.15, -0.1) is 0 Å². The summed E-state index contributed by atoms with van der Waals surface area (Å²) in [6, 6.07) is 11.3. The number of carbonyl (C=O) groups excluding carboxylic acids is 1. The van der Waals surface area contributed by atoms with Crippen LogP contribution in [-0.4, -0.2) is 84.1 Å². The van der Waals surface area contributed by atoms with E-state index in [0.717, 1.165) is 41.0 Å². The SMILES string of the molecule is C=CC(=O)N1CCN(c2nc(OCC3(N(C)C)CC3)nc3c2CCN(c2cccc4ccc(F)c(Cl)c24)C3)CC1CC#N. The highest BCUT2D eigenvalue weighted by Crippen LogP contribution is 2.41. The fourth-order valence-electron chi connectivity index (χ4n) is 6.27. The summed E-state index contributed by atoms with van der Waals surface area (Å²) >= 11 is 6.49. The molecular weight excluding hydrogens is 569 g/mol. The van der Waals surface area contributed by atoms with Gasteiger partial charge in [0.25, 0.3) is 0 Å². The van der Waals surface area contributed by atoms with Crippen LogP contribution in [0.15, 0.2) is 43.0 Å². The van der Waals surface area contributed by atoms with Crippen molar-refractivity contribution in [1.82, 2.24) is 19.8 Å². The van der Waals surface area contributed by atoms with Crippen LogP contribution in [0.1, 0.15) is 30.5 Å². The lowest BCUT2D eigenvalue weighted by Gasteiger charge is -2.42. The summed E-state index contributed by atoms with van der Waals surface area (Å²) in [5.74, 6) is 0.160. The van der Waals surface area contributed by atoms with Crippen molar-refractivity contribution in [2.75, 3.05) is 56.7 Å². The largest absolute Gasteiger partial charge is 0.461 e. The lowest BCUT2D eigenvalue weighted by molar-refractivity contribution is -0.128. The van der Waals surface area contributed by atoms with Crippen molar-refractivity contribution in [3.63, 3.8) is 0 Å². The van der Waals surface area contributed by atoms with E-state index in [1.54, 1.807) is 11.0 Å². The van der Waals surface area contributed by atoms with Crippen LogP contribution >= 0.6 is 11.6 Å². The lowest BCUT2D eigenvalue weighted by Crippen LogP contribution is -2.55. The number of ether oxygens (including phenoxy) is 1. The molecule has 9 nitrogen and oxygen atoms in total. The molecule has 0 radical (unpaired) electrons. The van der Waals surface area contributed by atoms with Crippen LogP contribution in [0.5, 0.6) is 6.01 Å². The van der Waals surface area contributed by atoms with Gasteiger partial charge in [0.15, 0.2) is 0 Å². The Kier molecular flexibility index (Phi) is 7.88. The van der Waals surface area contributed by atoms with Gasteiger partial charge in [0.2, 0.25) is 5.91 Å². The molecule has 3 heterocycles. The standard InChI is InChI=1S/C32H35ClFN7O2/c1-4-27(42)41-17-16-40(18-22(41)10-14-35)30-23-11-15-39(26-7-5-6-21-8-9-24(34)29(33)28(21)26)19-25(23)36-31(37-30)43-20-32(12-13-32)38(2)3/h4-9,22H,1,10-13,15-20H2,2-3H3. The molecule has 1 saturated heterocycles. The van der Waals surface area contributed by atoms with Gasteiger partial charge in [0, 0.05) is 42.8 Å². The molecule has 6 rings (SSSR count). The number of hydrogen-bond acceptors (Lipinski definition) is 8. The Morgan fingerprint density at radius 1 is 1.23 bits per heavy atom. The van der Waals surface area contributed by atoms with E-state index in [4.69, 9.17) is 26.3 Å². The highest BCUT2D eigenvalue weighted by atomic mass is 35.5. The molecule has 2 aliphatic heterocycles. The van der Waals surface area contributed by atoms with Crippen molar-refractivity contribution in [3.05, 3.63) is 65.1 Å². The molecule has 1 atom stereocenters. The van der Waals surface area contributed by atoms with E-state index >= 15 is 0 Å². The summed E-state index contributed by atoms with van der Waals surface area (Å²) in [4.78, 5) is 30.6. The molecule has 43 heavy (non-hydrogen) atoms. The maximum absolute atomic E-state index is 14.5. The van der Waals surface area contributed by atoms with E-state index in [2.05, 4.69) is 41.4 Å². The van der Waals surface area contributed by atoms with Gasteiger partial charge in [-0.05, 0) is 57.0 Å². The predicted octanol–water partition coefficient (Wildman–Crippen LogP) is 4.57. The van der Waals surface area contributed by atoms with Gasteiger partial charge >= 0.3 is 6.01 Å². The van der Waals surface area contributed by atoms with Crippen molar-refractivity contribution in [1.29, 1.82) is 5.26 Å². The molecule has 0 spiro atoms. The van der Waals surface area contributed by atoms with Gasteiger partial charge in [-0.25, -0.2) is 4.39 Å². The van der Waals surface area contributed by atoms with E-state index in [1.165, 1.54) is 12.1 Å². The van der Waals surface area contributed by atoms with Gasteiger partial charge in [-0.1, -0.05) is 36.4 Å². The molecule has 2 fully saturated rings. The lowest BCUT2D eigenvalue weighted by atomic mass is 10.0. The molecule has 0 N–H and O–H groups in total. The van der Waals surface area contributed by atoms with Gasteiger partial charge < -0.3 is 24.3 Å². The Morgan fingerprint density at radius 3 is 2.77 bits per heavy atom. The molecule has 1 aliphatic carbocycles. The van der Waals surface area contributed by atoms with Crippen molar-refractivity contribution >= 4 is 39.8 Å². The molecule has 1 unspecified atom stereocenters. The summed E-state index contributed by atoms with van der Waals surface area (Å²) in [5, 5.41) is 11.2. The molecule has 3 aromatic rings. The molecule has 1 saturated carbocycles. The molecule has 224 valence electrons. The summed E-state index contributed by atoms with van der Waals surface area (Å²) in [6.45, 7) is 6.75. The first-order chi connectivity index (χ1) is 20.7. The first kappa shape index (κ1) is 29.1. The average Bonchev–Trinajstić information content (AvgIpc) is 3.82. The second kappa shape index (κ2) is 11.6. The Morgan fingerprint density at radius 2 is 2.05 bits per heavy atom.